The van der Waals surface area contributed by atoms with Crippen molar-refractivity contribution in [1.29, 1.82) is 0 Å². The number of ether oxygens (including phenoxy) is 1. The van der Waals surface area contributed by atoms with Crippen molar-refractivity contribution in [1.82, 2.24) is 0 Å². The van der Waals surface area contributed by atoms with Crippen LogP contribution in [0.5, 0.6) is 5.75 Å². The van der Waals surface area contributed by atoms with Crippen LogP contribution in [0.4, 0.5) is 5.69 Å². The second kappa shape index (κ2) is 6.96. The number of halogens is 2. The van der Waals surface area contributed by atoms with E-state index in [1.165, 1.54) is 0 Å². The molecule has 0 radical (unpaired) electrons. The van der Waals surface area contributed by atoms with Crippen LogP contribution in [-0.2, 0) is 4.79 Å². The number of anilines is 1. The number of hydrogen-bond acceptors (Lipinski definition) is 2. The molecule has 0 aromatic heterocycles. The first-order valence-electron chi connectivity index (χ1n) is 6.45. The molecule has 0 aliphatic rings. The van der Waals surface area contributed by atoms with E-state index in [0.29, 0.717) is 16.5 Å². The summed E-state index contributed by atoms with van der Waals surface area (Å²) in [6, 6.07) is 12.7. The van der Waals surface area contributed by atoms with Crippen molar-refractivity contribution in [2.75, 3.05) is 5.32 Å². The standard InChI is InChI=1S/C16H15BrClNO2/c1-10-3-6-13(9-15(10)18)19-16(20)11(2)21-14-7-4-12(17)5-8-14/h3-9,11H,1-2H3,(H,19,20). The van der Waals surface area contributed by atoms with Crippen LogP contribution >= 0.6 is 27.5 Å². The van der Waals surface area contributed by atoms with Crippen LogP contribution in [0, 0.1) is 6.92 Å². The van der Waals surface area contributed by atoms with Crippen LogP contribution in [0.1, 0.15) is 12.5 Å². The molecule has 0 saturated heterocycles. The zero-order valence-electron chi connectivity index (χ0n) is 11.7. The van der Waals surface area contributed by atoms with E-state index in [-0.39, 0.29) is 5.91 Å². The number of amides is 1. The number of rotatable bonds is 4. The summed E-state index contributed by atoms with van der Waals surface area (Å²) < 4.78 is 6.55. The van der Waals surface area contributed by atoms with E-state index in [2.05, 4.69) is 21.2 Å². The molecule has 0 spiro atoms. The Hall–Kier alpha value is -1.52. The van der Waals surface area contributed by atoms with Crippen molar-refractivity contribution in [3.8, 4) is 5.75 Å². The summed E-state index contributed by atoms with van der Waals surface area (Å²) in [7, 11) is 0. The highest BCUT2D eigenvalue weighted by Gasteiger charge is 2.15. The third-order valence-corrected chi connectivity index (χ3v) is 3.87. The molecule has 5 heteroatoms. The third kappa shape index (κ3) is 4.48. The highest BCUT2D eigenvalue weighted by Crippen LogP contribution is 2.21. The van der Waals surface area contributed by atoms with Crippen LogP contribution in [-0.4, -0.2) is 12.0 Å². The molecule has 0 fully saturated rings. The normalized spacial score (nSPS) is 11.8. The molecule has 2 rings (SSSR count). The van der Waals surface area contributed by atoms with Crippen molar-refractivity contribution in [2.45, 2.75) is 20.0 Å². The molecular formula is C16H15BrClNO2. The van der Waals surface area contributed by atoms with Gasteiger partial charge in [0.05, 0.1) is 0 Å². The third-order valence-electron chi connectivity index (χ3n) is 2.94. The van der Waals surface area contributed by atoms with Gasteiger partial charge in [0, 0.05) is 15.2 Å². The van der Waals surface area contributed by atoms with Gasteiger partial charge in [-0.05, 0) is 55.8 Å². The molecule has 110 valence electrons. The molecule has 0 heterocycles. The van der Waals surface area contributed by atoms with Crippen LogP contribution < -0.4 is 10.1 Å². The average Bonchev–Trinajstić information content (AvgIpc) is 2.45. The maximum atomic E-state index is 12.1. The summed E-state index contributed by atoms with van der Waals surface area (Å²) in [5.41, 5.74) is 1.62. The fraction of sp³-hybridized carbons (Fsp3) is 0.188. The molecular weight excluding hydrogens is 354 g/mol. The molecule has 1 atom stereocenters. The van der Waals surface area contributed by atoms with Crippen LogP contribution in [0.3, 0.4) is 0 Å². The molecule has 3 nitrogen and oxygen atoms in total. The van der Waals surface area contributed by atoms with Crippen molar-refractivity contribution < 1.29 is 9.53 Å². The molecule has 1 N–H and O–H groups in total. The maximum absolute atomic E-state index is 12.1. The zero-order chi connectivity index (χ0) is 15.4. The van der Waals surface area contributed by atoms with E-state index >= 15 is 0 Å². The fourth-order valence-corrected chi connectivity index (χ4v) is 2.13. The highest BCUT2D eigenvalue weighted by molar-refractivity contribution is 9.10. The average molecular weight is 369 g/mol. The van der Waals surface area contributed by atoms with Gasteiger partial charge in [-0.15, -0.1) is 0 Å². The monoisotopic (exact) mass is 367 g/mol. The number of carbonyl (C=O) groups excluding carboxylic acids is 1. The minimum absolute atomic E-state index is 0.224. The minimum atomic E-state index is -0.605. The first-order valence-corrected chi connectivity index (χ1v) is 7.62. The smallest absolute Gasteiger partial charge is 0.265 e. The predicted octanol–water partition coefficient (Wildman–Crippen LogP) is 4.82. The quantitative estimate of drug-likeness (QED) is 0.840. The van der Waals surface area contributed by atoms with Gasteiger partial charge >= 0.3 is 0 Å². The Morgan fingerprint density at radius 1 is 1.24 bits per heavy atom. The van der Waals surface area contributed by atoms with Gasteiger partial charge < -0.3 is 10.1 Å². The van der Waals surface area contributed by atoms with Gasteiger partial charge in [-0.3, -0.25) is 4.79 Å². The maximum Gasteiger partial charge on any atom is 0.265 e. The van der Waals surface area contributed by atoms with E-state index in [1.807, 2.05) is 31.2 Å². The Balaban J connectivity index is 1.98. The van der Waals surface area contributed by atoms with E-state index in [4.69, 9.17) is 16.3 Å². The number of hydrogen-bond donors (Lipinski definition) is 1. The number of aryl methyl sites for hydroxylation is 1. The molecule has 0 bridgehead atoms. The van der Waals surface area contributed by atoms with E-state index < -0.39 is 6.10 Å². The van der Waals surface area contributed by atoms with Crippen LogP contribution in [0.15, 0.2) is 46.9 Å². The summed E-state index contributed by atoms with van der Waals surface area (Å²) in [6.07, 6.45) is -0.605. The molecule has 21 heavy (non-hydrogen) atoms. The predicted molar refractivity (Wildman–Crippen MR) is 89.1 cm³/mol. The van der Waals surface area contributed by atoms with Gasteiger partial charge in [-0.25, -0.2) is 0 Å². The Kier molecular flexibility index (Phi) is 5.26. The van der Waals surface area contributed by atoms with Crippen molar-refractivity contribution in [3.63, 3.8) is 0 Å². The van der Waals surface area contributed by atoms with Crippen LogP contribution in [0.2, 0.25) is 5.02 Å². The van der Waals surface area contributed by atoms with Gasteiger partial charge in [0.25, 0.3) is 5.91 Å². The molecule has 1 unspecified atom stereocenters. The van der Waals surface area contributed by atoms with Gasteiger partial charge in [0.1, 0.15) is 5.75 Å². The largest absolute Gasteiger partial charge is 0.481 e. The van der Waals surface area contributed by atoms with Crippen molar-refractivity contribution in [2.24, 2.45) is 0 Å². The molecule has 0 saturated carbocycles. The van der Waals surface area contributed by atoms with Crippen molar-refractivity contribution >= 4 is 39.1 Å². The Labute approximate surface area is 137 Å². The number of nitrogens with one attached hydrogen (secondary N) is 1. The van der Waals surface area contributed by atoms with Gasteiger partial charge in [0.15, 0.2) is 6.10 Å². The van der Waals surface area contributed by atoms with Gasteiger partial charge in [0.2, 0.25) is 0 Å². The fourth-order valence-electron chi connectivity index (χ4n) is 1.69. The van der Waals surface area contributed by atoms with E-state index in [9.17, 15) is 4.79 Å². The summed E-state index contributed by atoms with van der Waals surface area (Å²) in [5.74, 6) is 0.417. The lowest BCUT2D eigenvalue weighted by atomic mass is 10.2. The van der Waals surface area contributed by atoms with E-state index in [1.54, 1.807) is 25.1 Å². The summed E-state index contributed by atoms with van der Waals surface area (Å²) >= 11 is 9.38. The second-order valence-electron chi connectivity index (χ2n) is 4.67. The number of benzene rings is 2. The highest BCUT2D eigenvalue weighted by atomic mass is 79.9. The molecule has 0 aliphatic carbocycles. The van der Waals surface area contributed by atoms with Crippen LogP contribution in [0.25, 0.3) is 0 Å². The van der Waals surface area contributed by atoms with E-state index in [0.717, 1.165) is 10.0 Å². The molecule has 2 aromatic carbocycles. The first-order chi connectivity index (χ1) is 9.95. The summed E-state index contributed by atoms with van der Waals surface area (Å²) in [6.45, 7) is 3.61. The first kappa shape index (κ1) is 15.9. The summed E-state index contributed by atoms with van der Waals surface area (Å²) in [4.78, 5) is 12.1. The molecule has 0 aliphatic heterocycles. The Morgan fingerprint density at radius 2 is 1.90 bits per heavy atom. The SMILES string of the molecule is Cc1ccc(NC(=O)C(C)Oc2ccc(Br)cc2)cc1Cl. The lowest BCUT2D eigenvalue weighted by molar-refractivity contribution is -0.122. The molecule has 1 amide bonds. The number of carbonyl (C=O) groups is 1. The molecule has 2 aromatic rings. The topological polar surface area (TPSA) is 38.3 Å². The minimum Gasteiger partial charge on any atom is -0.481 e. The van der Waals surface area contributed by atoms with Gasteiger partial charge in [-0.2, -0.15) is 0 Å². The summed E-state index contributed by atoms with van der Waals surface area (Å²) in [5, 5.41) is 3.40. The second-order valence-corrected chi connectivity index (χ2v) is 5.99. The van der Waals surface area contributed by atoms with Crippen molar-refractivity contribution in [3.05, 3.63) is 57.5 Å². The zero-order valence-corrected chi connectivity index (χ0v) is 14.0. The van der Waals surface area contributed by atoms with Gasteiger partial charge in [-0.1, -0.05) is 33.6 Å². The Morgan fingerprint density at radius 3 is 2.52 bits per heavy atom. The lowest BCUT2D eigenvalue weighted by Gasteiger charge is -2.15. The Bertz CT molecular complexity index is 643. The lowest BCUT2D eigenvalue weighted by Crippen LogP contribution is -2.30.